The molecule has 0 aromatic heterocycles. The minimum Gasteiger partial charge on any atom is -0.355 e. The van der Waals surface area contributed by atoms with Crippen LogP contribution in [0.25, 0.3) is 0 Å². The number of carbonyl (C=O) groups excluding carboxylic acids is 2. The zero-order valence-corrected chi connectivity index (χ0v) is 11.8. The summed E-state index contributed by atoms with van der Waals surface area (Å²) in [5, 5.41) is 5.49. The molecule has 0 aliphatic heterocycles. The summed E-state index contributed by atoms with van der Waals surface area (Å²) in [5.74, 6) is -0.0838. The normalized spacial score (nSPS) is 10.9. The second kappa shape index (κ2) is 6.92. The molecule has 0 spiro atoms. The predicted octanol–water partition coefficient (Wildman–Crippen LogP) is 1.51. The van der Waals surface area contributed by atoms with Crippen molar-refractivity contribution >= 4 is 11.8 Å². The maximum absolute atomic E-state index is 12.1. The van der Waals surface area contributed by atoms with Crippen LogP contribution >= 0.6 is 0 Å². The Morgan fingerprint density at radius 2 is 1.63 bits per heavy atom. The van der Waals surface area contributed by atoms with E-state index in [1.54, 1.807) is 0 Å². The van der Waals surface area contributed by atoms with Gasteiger partial charge < -0.3 is 10.6 Å². The van der Waals surface area contributed by atoms with Crippen LogP contribution in [-0.4, -0.2) is 24.9 Å². The Morgan fingerprint density at radius 3 is 2.21 bits per heavy atom. The summed E-state index contributed by atoms with van der Waals surface area (Å²) >= 11 is 0. The highest BCUT2D eigenvalue weighted by Crippen LogP contribution is 2.21. The quantitative estimate of drug-likeness (QED) is 0.763. The van der Waals surface area contributed by atoms with E-state index < -0.39 is 5.41 Å². The monoisotopic (exact) mass is 262 g/mol. The molecule has 0 bridgehead atoms. The van der Waals surface area contributed by atoms with Crippen molar-refractivity contribution in [3.63, 3.8) is 0 Å². The van der Waals surface area contributed by atoms with Crippen LogP contribution < -0.4 is 10.6 Å². The van der Waals surface area contributed by atoms with Crippen LogP contribution in [-0.2, 0) is 16.0 Å². The highest BCUT2D eigenvalue weighted by molar-refractivity contribution is 5.82. The molecule has 0 radical (unpaired) electrons. The van der Waals surface area contributed by atoms with Gasteiger partial charge in [-0.05, 0) is 12.0 Å². The fourth-order valence-corrected chi connectivity index (χ4v) is 1.84. The summed E-state index contributed by atoms with van der Waals surface area (Å²) in [4.78, 5) is 22.8. The number of amides is 2. The second-order valence-electron chi connectivity index (χ2n) is 5.29. The maximum atomic E-state index is 12.1. The van der Waals surface area contributed by atoms with E-state index in [4.69, 9.17) is 0 Å². The minimum absolute atomic E-state index is 0.00158. The first-order valence-corrected chi connectivity index (χ1v) is 6.48. The summed E-state index contributed by atoms with van der Waals surface area (Å²) < 4.78 is 0. The van der Waals surface area contributed by atoms with E-state index in [2.05, 4.69) is 10.6 Å². The largest absolute Gasteiger partial charge is 0.355 e. The third-order valence-corrected chi connectivity index (χ3v) is 2.89. The van der Waals surface area contributed by atoms with Crippen molar-refractivity contribution in [1.82, 2.24) is 10.6 Å². The van der Waals surface area contributed by atoms with Crippen molar-refractivity contribution in [2.75, 3.05) is 13.1 Å². The van der Waals surface area contributed by atoms with Gasteiger partial charge in [0.2, 0.25) is 11.8 Å². The molecule has 104 valence electrons. The molecule has 0 aliphatic carbocycles. The van der Waals surface area contributed by atoms with Gasteiger partial charge in [0.1, 0.15) is 0 Å². The van der Waals surface area contributed by atoms with E-state index in [0.29, 0.717) is 19.5 Å². The number of rotatable bonds is 6. The van der Waals surface area contributed by atoms with E-state index >= 15 is 0 Å². The molecule has 0 fully saturated rings. The molecule has 0 saturated carbocycles. The van der Waals surface area contributed by atoms with Gasteiger partial charge in [0.25, 0.3) is 0 Å². The van der Waals surface area contributed by atoms with Crippen molar-refractivity contribution in [2.45, 2.75) is 27.2 Å². The Bertz CT molecular complexity index is 427. The van der Waals surface area contributed by atoms with Gasteiger partial charge in [0.15, 0.2) is 0 Å². The lowest BCUT2D eigenvalue weighted by Gasteiger charge is -2.23. The van der Waals surface area contributed by atoms with Crippen molar-refractivity contribution < 1.29 is 9.59 Å². The minimum atomic E-state index is -0.461. The Labute approximate surface area is 114 Å². The molecule has 0 atom stereocenters. The first kappa shape index (κ1) is 15.2. The van der Waals surface area contributed by atoms with E-state index in [1.807, 2.05) is 44.2 Å². The fourth-order valence-electron chi connectivity index (χ4n) is 1.84. The highest BCUT2D eigenvalue weighted by Gasteiger charge is 2.27. The molecule has 0 aliphatic rings. The Morgan fingerprint density at radius 1 is 1.05 bits per heavy atom. The first-order valence-electron chi connectivity index (χ1n) is 6.48. The van der Waals surface area contributed by atoms with Crippen LogP contribution in [0, 0.1) is 5.41 Å². The van der Waals surface area contributed by atoms with Crippen LogP contribution in [0.5, 0.6) is 0 Å². The molecular formula is C15H22N2O2. The van der Waals surface area contributed by atoms with Gasteiger partial charge in [-0.25, -0.2) is 0 Å². The third kappa shape index (κ3) is 5.55. The van der Waals surface area contributed by atoms with E-state index in [1.165, 1.54) is 6.92 Å². The van der Waals surface area contributed by atoms with Crippen molar-refractivity contribution in [2.24, 2.45) is 5.41 Å². The van der Waals surface area contributed by atoms with E-state index in [-0.39, 0.29) is 11.8 Å². The molecule has 4 heteroatoms. The van der Waals surface area contributed by atoms with Crippen molar-refractivity contribution in [3.8, 4) is 0 Å². The molecule has 0 unspecified atom stereocenters. The third-order valence-electron chi connectivity index (χ3n) is 2.89. The molecule has 1 aromatic rings. The molecule has 0 heterocycles. The molecule has 2 N–H and O–H groups in total. The Kier molecular flexibility index (Phi) is 5.55. The van der Waals surface area contributed by atoms with E-state index in [0.717, 1.165) is 5.56 Å². The predicted molar refractivity (Wildman–Crippen MR) is 75.6 cm³/mol. The van der Waals surface area contributed by atoms with Gasteiger partial charge >= 0.3 is 0 Å². The molecule has 1 aromatic carbocycles. The van der Waals surface area contributed by atoms with Gasteiger partial charge in [-0.3, -0.25) is 9.59 Å². The maximum Gasteiger partial charge on any atom is 0.226 e. The fraction of sp³-hybridized carbons (Fsp3) is 0.467. The standard InChI is InChI=1S/C15H22N2O2/c1-12(18)16-9-10-17-14(19)15(2,3)11-13-7-5-4-6-8-13/h4-8H,9-11H2,1-3H3,(H,16,18)(H,17,19). The number of nitrogens with one attached hydrogen (secondary N) is 2. The summed E-state index contributed by atoms with van der Waals surface area (Å²) in [6.45, 7) is 6.22. The highest BCUT2D eigenvalue weighted by atomic mass is 16.2. The number of hydrogen-bond donors (Lipinski definition) is 2. The van der Waals surface area contributed by atoms with Crippen LogP contribution in [0.15, 0.2) is 30.3 Å². The lowest BCUT2D eigenvalue weighted by Crippen LogP contribution is -2.41. The van der Waals surface area contributed by atoms with E-state index in [9.17, 15) is 9.59 Å². The van der Waals surface area contributed by atoms with Crippen LogP contribution in [0.2, 0.25) is 0 Å². The molecule has 1 rings (SSSR count). The summed E-state index contributed by atoms with van der Waals surface area (Å²) in [5.41, 5.74) is 0.682. The average molecular weight is 262 g/mol. The zero-order valence-electron chi connectivity index (χ0n) is 11.8. The van der Waals surface area contributed by atoms with Gasteiger partial charge in [-0.1, -0.05) is 44.2 Å². The van der Waals surface area contributed by atoms with Crippen LogP contribution in [0.1, 0.15) is 26.3 Å². The Balaban J connectivity index is 2.43. The summed E-state index contributed by atoms with van der Waals surface area (Å²) in [6.07, 6.45) is 0.694. The lowest BCUT2D eigenvalue weighted by atomic mass is 9.85. The van der Waals surface area contributed by atoms with Crippen LogP contribution in [0.3, 0.4) is 0 Å². The number of carbonyl (C=O) groups is 2. The van der Waals surface area contributed by atoms with Gasteiger partial charge in [-0.15, -0.1) is 0 Å². The van der Waals surface area contributed by atoms with Gasteiger partial charge in [0, 0.05) is 25.4 Å². The van der Waals surface area contributed by atoms with Crippen molar-refractivity contribution in [1.29, 1.82) is 0 Å². The second-order valence-corrected chi connectivity index (χ2v) is 5.29. The number of benzene rings is 1. The molecular weight excluding hydrogens is 240 g/mol. The molecule has 2 amide bonds. The van der Waals surface area contributed by atoms with Gasteiger partial charge in [0.05, 0.1) is 0 Å². The van der Waals surface area contributed by atoms with Gasteiger partial charge in [-0.2, -0.15) is 0 Å². The number of hydrogen-bond acceptors (Lipinski definition) is 2. The summed E-state index contributed by atoms with van der Waals surface area (Å²) in [6, 6.07) is 9.95. The first-order chi connectivity index (χ1) is 8.92. The Hall–Kier alpha value is -1.84. The zero-order chi connectivity index (χ0) is 14.3. The smallest absolute Gasteiger partial charge is 0.226 e. The molecule has 4 nitrogen and oxygen atoms in total. The molecule has 0 saturated heterocycles. The lowest BCUT2D eigenvalue weighted by molar-refractivity contribution is -0.129. The molecule has 19 heavy (non-hydrogen) atoms. The summed E-state index contributed by atoms with van der Waals surface area (Å²) in [7, 11) is 0. The van der Waals surface area contributed by atoms with Crippen LogP contribution in [0.4, 0.5) is 0 Å². The van der Waals surface area contributed by atoms with Crippen molar-refractivity contribution in [3.05, 3.63) is 35.9 Å². The average Bonchev–Trinajstić information content (AvgIpc) is 2.34. The topological polar surface area (TPSA) is 58.2 Å². The SMILES string of the molecule is CC(=O)NCCNC(=O)C(C)(C)Cc1ccccc1.